The van der Waals surface area contributed by atoms with Crippen LogP contribution in [0.15, 0.2) is 4.52 Å². The molecule has 8 heteroatoms. The third-order valence-electron chi connectivity index (χ3n) is 3.88. The molecule has 0 fully saturated rings. The van der Waals surface area contributed by atoms with Crippen LogP contribution < -0.4 is 5.32 Å². The van der Waals surface area contributed by atoms with Crippen LogP contribution in [0.25, 0.3) is 0 Å². The number of carbonyl (C=O) groups excluding carboxylic acids is 2. The first-order valence-electron chi connectivity index (χ1n) is 7.73. The summed E-state index contributed by atoms with van der Waals surface area (Å²) in [7, 11) is 1.79. The summed E-state index contributed by atoms with van der Waals surface area (Å²) in [6, 6.07) is 0. The van der Waals surface area contributed by atoms with Gasteiger partial charge in [0.15, 0.2) is 6.10 Å². The van der Waals surface area contributed by atoms with E-state index in [0.29, 0.717) is 29.3 Å². The number of rotatable bonds is 5. The fourth-order valence-corrected chi connectivity index (χ4v) is 2.37. The Morgan fingerprint density at radius 1 is 1.33 bits per heavy atom. The number of nitrogens with one attached hydrogen (secondary N) is 1. The van der Waals surface area contributed by atoms with Gasteiger partial charge < -0.3 is 14.6 Å². The molecule has 0 aromatic carbocycles. The number of carbonyl (C=O) groups is 2. The topological polar surface area (TPSA) is 99.2 Å². The van der Waals surface area contributed by atoms with Crippen LogP contribution >= 0.6 is 0 Å². The van der Waals surface area contributed by atoms with Crippen molar-refractivity contribution in [1.29, 1.82) is 0 Å². The van der Waals surface area contributed by atoms with Gasteiger partial charge in [0, 0.05) is 7.05 Å². The quantitative estimate of drug-likeness (QED) is 0.841. The molecule has 0 aliphatic heterocycles. The van der Waals surface area contributed by atoms with E-state index in [0.717, 1.165) is 5.69 Å². The number of ether oxygens (including phenoxy) is 1. The lowest BCUT2D eigenvalue weighted by molar-refractivity contribution is -0.123. The molecule has 0 aliphatic carbocycles. The first-order valence-corrected chi connectivity index (χ1v) is 7.73. The highest BCUT2D eigenvalue weighted by Crippen LogP contribution is 2.20. The fraction of sp³-hybridized carbons (Fsp3) is 0.500. The number of hydrogen-bond acceptors (Lipinski definition) is 6. The minimum atomic E-state index is -0.962. The molecule has 0 aliphatic rings. The van der Waals surface area contributed by atoms with Crippen LogP contribution in [0, 0.1) is 20.8 Å². The maximum absolute atomic E-state index is 12.3. The van der Waals surface area contributed by atoms with Gasteiger partial charge in [-0.05, 0) is 34.1 Å². The average molecular weight is 334 g/mol. The van der Waals surface area contributed by atoms with Gasteiger partial charge in [-0.25, -0.2) is 4.79 Å². The third-order valence-corrected chi connectivity index (χ3v) is 3.88. The Morgan fingerprint density at radius 2 is 2.00 bits per heavy atom. The van der Waals surface area contributed by atoms with Crippen LogP contribution in [0.3, 0.4) is 0 Å². The molecule has 24 heavy (non-hydrogen) atoms. The highest BCUT2D eigenvalue weighted by Gasteiger charge is 2.26. The lowest BCUT2D eigenvalue weighted by Gasteiger charge is -2.13. The zero-order valence-corrected chi connectivity index (χ0v) is 14.8. The van der Waals surface area contributed by atoms with Gasteiger partial charge in [-0.3, -0.25) is 9.48 Å². The molecule has 0 radical (unpaired) electrons. The number of esters is 1. The Balaban J connectivity index is 2.09. The number of aromatic nitrogens is 3. The van der Waals surface area contributed by atoms with Crippen molar-refractivity contribution in [2.75, 3.05) is 5.32 Å². The maximum atomic E-state index is 12.3. The van der Waals surface area contributed by atoms with Gasteiger partial charge in [-0.2, -0.15) is 5.10 Å². The largest absolute Gasteiger partial charge is 0.449 e. The predicted molar refractivity (Wildman–Crippen MR) is 86.8 cm³/mol. The summed E-state index contributed by atoms with van der Waals surface area (Å²) in [6.07, 6.45) is -0.424. The van der Waals surface area contributed by atoms with Crippen LogP contribution in [0.4, 0.5) is 5.69 Å². The Labute approximate surface area is 140 Å². The van der Waals surface area contributed by atoms with E-state index in [9.17, 15) is 9.59 Å². The van der Waals surface area contributed by atoms with E-state index >= 15 is 0 Å². The van der Waals surface area contributed by atoms with Crippen molar-refractivity contribution in [1.82, 2.24) is 14.9 Å². The monoisotopic (exact) mass is 334 g/mol. The van der Waals surface area contributed by atoms with Crippen molar-refractivity contribution in [2.45, 2.75) is 47.1 Å². The second-order valence-electron chi connectivity index (χ2n) is 5.62. The van der Waals surface area contributed by atoms with Crippen molar-refractivity contribution in [3.63, 3.8) is 0 Å². The van der Waals surface area contributed by atoms with E-state index in [4.69, 9.17) is 9.26 Å². The maximum Gasteiger partial charge on any atom is 0.344 e. The molecule has 0 saturated carbocycles. The molecule has 2 heterocycles. The van der Waals surface area contributed by atoms with Gasteiger partial charge in [-0.1, -0.05) is 12.1 Å². The fourth-order valence-electron chi connectivity index (χ4n) is 2.37. The number of aryl methyl sites for hydroxylation is 4. The average Bonchev–Trinajstić information content (AvgIpc) is 3.01. The Kier molecular flexibility index (Phi) is 5.06. The molecular weight excluding hydrogens is 312 g/mol. The van der Waals surface area contributed by atoms with Gasteiger partial charge in [0.2, 0.25) is 0 Å². The minimum absolute atomic E-state index is 0.283. The van der Waals surface area contributed by atoms with Gasteiger partial charge in [0.1, 0.15) is 11.3 Å². The van der Waals surface area contributed by atoms with E-state index in [1.165, 1.54) is 6.92 Å². The summed E-state index contributed by atoms with van der Waals surface area (Å²) in [4.78, 5) is 24.6. The second-order valence-corrected chi connectivity index (χ2v) is 5.62. The van der Waals surface area contributed by atoms with Crippen molar-refractivity contribution in [3.8, 4) is 0 Å². The van der Waals surface area contributed by atoms with Crippen LogP contribution in [0.5, 0.6) is 0 Å². The zero-order valence-electron chi connectivity index (χ0n) is 14.8. The summed E-state index contributed by atoms with van der Waals surface area (Å²) >= 11 is 0. The van der Waals surface area contributed by atoms with Crippen molar-refractivity contribution in [3.05, 3.63) is 28.4 Å². The molecule has 130 valence electrons. The molecule has 1 amide bonds. The second kappa shape index (κ2) is 6.86. The predicted octanol–water partition coefficient (Wildman–Crippen LogP) is 2.08. The number of nitrogens with zero attached hydrogens (tertiary/aromatic N) is 3. The summed E-state index contributed by atoms with van der Waals surface area (Å²) < 4.78 is 12.0. The number of anilines is 1. The highest BCUT2D eigenvalue weighted by molar-refractivity contribution is 5.98. The van der Waals surface area contributed by atoms with Crippen molar-refractivity contribution < 1.29 is 18.8 Å². The van der Waals surface area contributed by atoms with Gasteiger partial charge in [-0.15, -0.1) is 0 Å². The summed E-state index contributed by atoms with van der Waals surface area (Å²) in [6.45, 7) is 8.66. The first kappa shape index (κ1) is 17.7. The molecule has 0 bridgehead atoms. The number of amides is 1. The van der Waals surface area contributed by atoms with Crippen molar-refractivity contribution in [2.24, 2.45) is 7.05 Å². The Morgan fingerprint density at radius 3 is 2.54 bits per heavy atom. The molecule has 2 aromatic rings. The minimum Gasteiger partial charge on any atom is -0.449 e. The smallest absolute Gasteiger partial charge is 0.344 e. The summed E-state index contributed by atoms with van der Waals surface area (Å²) in [5, 5.41) is 10.8. The van der Waals surface area contributed by atoms with E-state index in [1.54, 1.807) is 25.6 Å². The first-order chi connectivity index (χ1) is 11.3. The van der Waals surface area contributed by atoms with Crippen molar-refractivity contribution >= 4 is 17.6 Å². The van der Waals surface area contributed by atoms with E-state index in [-0.39, 0.29) is 5.56 Å². The molecule has 1 atom stereocenters. The van der Waals surface area contributed by atoms with E-state index < -0.39 is 18.0 Å². The highest BCUT2D eigenvalue weighted by atomic mass is 16.5. The van der Waals surface area contributed by atoms with E-state index in [1.807, 2.05) is 13.8 Å². The van der Waals surface area contributed by atoms with Gasteiger partial charge in [0.05, 0.1) is 22.8 Å². The SMILES string of the molecule is CCc1noc(C)c1C(=O)O[C@H](C)C(=O)Nc1c(C)nn(C)c1C. The lowest BCUT2D eigenvalue weighted by atomic mass is 10.1. The standard InChI is InChI=1S/C16H22N4O4/c1-7-12-13(10(4)24-19-12)16(22)23-11(5)15(21)17-14-8(2)18-20(6)9(14)3/h11H,7H2,1-6H3,(H,17,21)/t11-/m1/s1. The third kappa shape index (κ3) is 3.32. The molecule has 0 unspecified atom stereocenters. The molecule has 2 aromatic heterocycles. The molecule has 0 spiro atoms. The zero-order chi connectivity index (χ0) is 18.0. The Hall–Kier alpha value is -2.64. The molecule has 2 rings (SSSR count). The van der Waals surface area contributed by atoms with E-state index in [2.05, 4.69) is 15.6 Å². The Bertz CT molecular complexity index is 775. The molecule has 1 N–H and O–H groups in total. The molecular formula is C16H22N4O4. The normalized spacial score (nSPS) is 12.1. The van der Waals surface area contributed by atoms with Crippen LogP contribution in [0.2, 0.25) is 0 Å². The molecule has 0 saturated heterocycles. The lowest BCUT2D eigenvalue weighted by Crippen LogP contribution is -2.30. The van der Waals surface area contributed by atoms with Gasteiger partial charge in [0.25, 0.3) is 5.91 Å². The van der Waals surface area contributed by atoms with Crippen LogP contribution in [-0.2, 0) is 23.0 Å². The summed E-state index contributed by atoms with van der Waals surface area (Å²) in [5.41, 5.74) is 2.95. The van der Waals surface area contributed by atoms with Crippen LogP contribution in [-0.4, -0.2) is 32.9 Å². The molecule has 8 nitrogen and oxygen atoms in total. The van der Waals surface area contributed by atoms with Gasteiger partial charge >= 0.3 is 5.97 Å². The summed E-state index contributed by atoms with van der Waals surface area (Å²) in [5.74, 6) is -0.661. The number of hydrogen-bond donors (Lipinski definition) is 1. The van der Waals surface area contributed by atoms with Crippen LogP contribution in [0.1, 0.15) is 47.0 Å².